The molecule has 37 heavy (non-hydrogen) atoms. The van der Waals surface area contributed by atoms with Crippen molar-refractivity contribution in [3.63, 3.8) is 0 Å². The van der Waals surface area contributed by atoms with Gasteiger partial charge in [0.2, 0.25) is 0 Å². The second-order valence-electron chi connectivity index (χ2n) is 8.94. The van der Waals surface area contributed by atoms with Gasteiger partial charge in [0, 0.05) is 47.2 Å². The fraction of sp³-hybridized carbons (Fsp3) is 0.143. The summed E-state index contributed by atoms with van der Waals surface area (Å²) >= 11 is 0. The van der Waals surface area contributed by atoms with Gasteiger partial charge in [0.15, 0.2) is 0 Å². The third-order valence-corrected chi connectivity index (χ3v) is 6.90. The Morgan fingerprint density at radius 2 is 1.46 bits per heavy atom. The summed E-state index contributed by atoms with van der Waals surface area (Å²) in [6.07, 6.45) is 3.13. The zero-order valence-corrected chi connectivity index (χ0v) is 19.4. The number of benzene rings is 3. The van der Waals surface area contributed by atoms with Crippen LogP contribution in [0.3, 0.4) is 0 Å². The van der Waals surface area contributed by atoms with Crippen LogP contribution in [0, 0.1) is 26.0 Å². The number of hydrogen-bond acceptors (Lipinski definition) is 6. The second-order valence-corrected chi connectivity index (χ2v) is 8.94. The number of nitrogens with zero attached hydrogens (tertiary/aromatic N) is 3. The molecule has 9 heteroatoms. The molecule has 0 N–H and O–H groups in total. The van der Waals surface area contributed by atoms with Crippen LogP contribution in [0.1, 0.15) is 41.0 Å². The maximum Gasteiger partial charge on any atom is 0.269 e. The number of carbonyl (C=O) groups is 1. The molecule has 8 nitrogen and oxygen atoms in total. The lowest BCUT2D eigenvalue weighted by Gasteiger charge is -2.37. The Kier molecular flexibility index (Phi) is 6.27. The average molecular weight is 497 g/mol. The highest BCUT2D eigenvalue weighted by molar-refractivity contribution is 5.80. The number of aromatic nitrogens is 1. The normalized spacial score (nSPS) is 19.3. The third-order valence-electron chi connectivity index (χ3n) is 6.90. The lowest BCUT2D eigenvalue weighted by Crippen LogP contribution is -2.26. The van der Waals surface area contributed by atoms with Gasteiger partial charge in [-0.15, -0.1) is 0 Å². The van der Waals surface area contributed by atoms with E-state index in [0.29, 0.717) is 34.2 Å². The van der Waals surface area contributed by atoms with Crippen molar-refractivity contribution in [1.29, 1.82) is 0 Å². The highest BCUT2D eigenvalue weighted by Crippen LogP contribution is 2.51. The summed E-state index contributed by atoms with van der Waals surface area (Å²) in [5.74, 6) is -1.42. The molecule has 1 aromatic heterocycles. The second kappa shape index (κ2) is 9.69. The van der Waals surface area contributed by atoms with Crippen LogP contribution in [0.4, 0.5) is 15.8 Å². The van der Waals surface area contributed by atoms with E-state index < -0.39 is 15.8 Å². The highest BCUT2D eigenvalue weighted by atomic mass is 19.1. The lowest BCUT2D eigenvalue weighted by molar-refractivity contribution is -0.385. The minimum absolute atomic E-state index is 0.0296. The molecule has 0 saturated heterocycles. The van der Waals surface area contributed by atoms with Crippen LogP contribution in [0.25, 0.3) is 10.9 Å². The highest BCUT2D eigenvalue weighted by Gasteiger charge is 2.39. The molecule has 0 spiro atoms. The van der Waals surface area contributed by atoms with Crippen molar-refractivity contribution >= 4 is 28.6 Å². The van der Waals surface area contributed by atoms with E-state index in [2.05, 4.69) is 0 Å². The van der Waals surface area contributed by atoms with Gasteiger partial charge in [-0.3, -0.25) is 30.0 Å². The number of pyridine rings is 1. The van der Waals surface area contributed by atoms with Gasteiger partial charge in [-0.2, -0.15) is 0 Å². The van der Waals surface area contributed by atoms with Crippen LogP contribution in [0.2, 0.25) is 0 Å². The van der Waals surface area contributed by atoms with Crippen molar-refractivity contribution in [2.45, 2.75) is 24.2 Å². The van der Waals surface area contributed by atoms with E-state index in [0.717, 1.165) is 11.8 Å². The quantitative estimate of drug-likeness (QED) is 0.174. The molecule has 1 heterocycles. The van der Waals surface area contributed by atoms with Crippen LogP contribution in [0.5, 0.6) is 0 Å². The number of aldehydes is 1. The number of halogens is 1. The third kappa shape index (κ3) is 4.58. The van der Waals surface area contributed by atoms with E-state index in [1.165, 1.54) is 36.4 Å². The van der Waals surface area contributed by atoms with Crippen molar-refractivity contribution in [3.8, 4) is 0 Å². The molecular weight excluding hydrogens is 477 g/mol. The number of nitro groups is 2. The average Bonchev–Trinajstić information content (AvgIpc) is 2.92. The summed E-state index contributed by atoms with van der Waals surface area (Å²) in [6, 6.07) is 20.3. The number of rotatable bonds is 6. The predicted octanol–water partition coefficient (Wildman–Crippen LogP) is 6.37. The number of allylic oxidation sites excluding steroid dienone is 2. The molecule has 1 aliphatic rings. The van der Waals surface area contributed by atoms with Gasteiger partial charge < -0.3 is 0 Å². The van der Waals surface area contributed by atoms with Gasteiger partial charge in [-0.05, 0) is 53.3 Å². The van der Waals surface area contributed by atoms with Crippen LogP contribution in [-0.4, -0.2) is 21.1 Å². The number of hydrogen-bond donors (Lipinski definition) is 0. The lowest BCUT2D eigenvalue weighted by atomic mass is 9.65. The Morgan fingerprint density at radius 3 is 2.05 bits per heavy atom. The Balaban J connectivity index is 1.68. The monoisotopic (exact) mass is 497 g/mol. The van der Waals surface area contributed by atoms with Crippen LogP contribution < -0.4 is 0 Å². The van der Waals surface area contributed by atoms with Gasteiger partial charge in [-0.25, -0.2) is 4.39 Å². The fourth-order valence-corrected chi connectivity index (χ4v) is 5.16. The minimum atomic E-state index is -0.484. The van der Waals surface area contributed by atoms with Gasteiger partial charge in [-0.1, -0.05) is 36.4 Å². The molecule has 3 aromatic carbocycles. The predicted molar refractivity (Wildman–Crippen MR) is 135 cm³/mol. The first-order valence-electron chi connectivity index (χ1n) is 11.6. The largest absolute Gasteiger partial charge is 0.298 e. The molecule has 5 rings (SSSR count). The Hall–Kier alpha value is -4.79. The zero-order valence-electron chi connectivity index (χ0n) is 19.4. The van der Waals surface area contributed by atoms with Crippen molar-refractivity contribution in [2.75, 3.05) is 0 Å². The molecule has 3 atom stereocenters. The number of carbonyl (C=O) groups excluding carboxylic acids is 1. The van der Waals surface area contributed by atoms with Crippen LogP contribution >= 0.6 is 0 Å². The summed E-state index contributed by atoms with van der Waals surface area (Å²) in [6.45, 7) is 0. The molecular formula is C28H20FN3O5. The Bertz CT molecular complexity index is 1550. The van der Waals surface area contributed by atoms with E-state index in [1.807, 2.05) is 6.08 Å². The maximum absolute atomic E-state index is 13.8. The molecule has 0 aliphatic heterocycles. The summed E-state index contributed by atoms with van der Waals surface area (Å²) < 4.78 is 13.8. The SMILES string of the molecule is O=CC1=CC[C@@H](c2ccc([N+](=O)[O-])cc2)[C@@H](c2ccc3cc(F)ccc3n2)[C@@H]1c1ccc([N+](=O)[O-])cc1. The van der Waals surface area contributed by atoms with Crippen molar-refractivity contribution in [1.82, 2.24) is 4.98 Å². The molecule has 0 unspecified atom stereocenters. The topological polar surface area (TPSA) is 116 Å². The van der Waals surface area contributed by atoms with Crippen LogP contribution in [0.15, 0.2) is 90.5 Å². The molecule has 4 aromatic rings. The zero-order chi connectivity index (χ0) is 26.1. The van der Waals surface area contributed by atoms with Gasteiger partial charge in [0.05, 0.1) is 15.4 Å². The molecule has 184 valence electrons. The van der Waals surface area contributed by atoms with E-state index in [-0.39, 0.29) is 29.0 Å². The summed E-state index contributed by atoms with van der Waals surface area (Å²) in [7, 11) is 0. The number of fused-ring (bicyclic) bond motifs is 1. The van der Waals surface area contributed by atoms with E-state index in [9.17, 15) is 29.4 Å². The fourth-order valence-electron chi connectivity index (χ4n) is 5.16. The summed E-state index contributed by atoms with van der Waals surface area (Å²) in [4.78, 5) is 38.5. The molecule has 0 fully saturated rings. The molecule has 0 radical (unpaired) electrons. The van der Waals surface area contributed by atoms with Crippen LogP contribution in [-0.2, 0) is 4.79 Å². The Labute approximate surface area is 210 Å². The van der Waals surface area contributed by atoms with Gasteiger partial charge in [0.25, 0.3) is 11.4 Å². The van der Waals surface area contributed by atoms with Gasteiger partial charge >= 0.3 is 0 Å². The van der Waals surface area contributed by atoms with Gasteiger partial charge in [0.1, 0.15) is 12.1 Å². The van der Waals surface area contributed by atoms with Crippen molar-refractivity contribution in [3.05, 3.63) is 133 Å². The first kappa shape index (κ1) is 23.9. The van der Waals surface area contributed by atoms with Crippen molar-refractivity contribution in [2.24, 2.45) is 0 Å². The van der Waals surface area contributed by atoms with E-state index in [4.69, 9.17) is 4.98 Å². The first-order chi connectivity index (χ1) is 17.9. The van der Waals surface area contributed by atoms with Crippen molar-refractivity contribution < 1.29 is 19.0 Å². The standard InChI is InChI=1S/C28H20FN3O5/c29-21-7-14-25-19(15-21)6-13-26(30-25)28-24(17-1-8-22(9-2-17)31(34)35)12-5-20(16-33)27(28)18-3-10-23(11-4-18)32(36)37/h1-11,13-16,24,27-28H,12H2/t24-,27+,28-/m0/s1. The minimum Gasteiger partial charge on any atom is -0.298 e. The number of nitro benzene ring substituents is 2. The molecule has 0 amide bonds. The maximum atomic E-state index is 13.8. The van der Waals surface area contributed by atoms with E-state index in [1.54, 1.807) is 42.5 Å². The smallest absolute Gasteiger partial charge is 0.269 e. The number of non-ortho nitro benzene ring substituents is 2. The van der Waals surface area contributed by atoms with E-state index >= 15 is 0 Å². The Morgan fingerprint density at radius 1 is 0.838 bits per heavy atom. The molecule has 1 aliphatic carbocycles. The molecule has 0 bridgehead atoms. The molecule has 0 saturated carbocycles. The summed E-state index contributed by atoms with van der Waals surface area (Å²) in [5, 5.41) is 23.0. The summed E-state index contributed by atoms with van der Waals surface area (Å²) in [5.41, 5.74) is 3.23. The first-order valence-corrected chi connectivity index (χ1v) is 11.6.